The van der Waals surface area contributed by atoms with Crippen molar-refractivity contribution in [3.8, 4) is 0 Å². The Kier molecular flexibility index (Phi) is 4.85. The van der Waals surface area contributed by atoms with Crippen LogP contribution in [0.4, 0.5) is 0 Å². The van der Waals surface area contributed by atoms with E-state index in [0.29, 0.717) is 29.7 Å². The number of benzene rings is 2. The second kappa shape index (κ2) is 6.87. The first kappa shape index (κ1) is 16.2. The van der Waals surface area contributed by atoms with Gasteiger partial charge < -0.3 is 0 Å². The minimum Gasteiger partial charge on any atom is -0.292 e. The molecule has 0 bridgehead atoms. The SMILES string of the molecule is O=[N+]([O-])C1CN(Cc2ccccc2)CC1c1cc(Cl)cc(Cl)c1. The van der Waals surface area contributed by atoms with E-state index in [-0.39, 0.29) is 10.8 Å². The molecule has 2 aromatic rings. The molecule has 1 saturated heterocycles. The lowest BCUT2D eigenvalue weighted by atomic mass is 9.95. The zero-order valence-corrected chi connectivity index (χ0v) is 13.9. The molecule has 1 aliphatic heterocycles. The van der Waals surface area contributed by atoms with Gasteiger partial charge in [0, 0.05) is 28.1 Å². The zero-order chi connectivity index (χ0) is 16.4. The Labute approximate surface area is 144 Å². The minimum atomic E-state index is -0.645. The Morgan fingerprint density at radius 2 is 1.74 bits per heavy atom. The van der Waals surface area contributed by atoms with E-state index in [1.807, 2.05) is 30.3 Å². The third-order valence-electron chi connectivity index (χ3n) is 4.20. The van der Waals surface area contributed by atoms with Crippen LogP contribution in [0.5, 0.6) is 0 Å². The fourth-order valence-corrected chi connectivity index (χ4v) is 3.71. The normalized spacial score (nSPS) is 21.5. The summed E-state index contributed by atoms with van der Waals surface area (Å²) in [6.45, 7) is 1.75. The van der Waals surface area contributed by atoms with Gasteiger partial charge in [-0.15, -0.1) is 0 Å². The lowest BCUT2D eigenvalue weighted by Gasteiger charge is -2.15. The van der Waals surface area contributed by atoms with Crippen molar-refractivity contribution in [2.75, 3.05) is 13.1 Å². The van der Waals surface area contributed by atoms with Crippen molar-refractivity contribution in [3.05, 3.63) is 79.8 Å². The Hall–Kier alpha value is -1.62. The lowest BCUT2D eigenvalue weighted by molar-refractivity contribution is -0.521. The van der Waals surface area contributed by atoms with E-state index in [1.54, 1.807) is 18.2 Å². The van der Waals surface area contributed by atoms with Crippen LogP contribution in [0.3, 0.4) is 0 Å². The molecule has 0 aliphatic carbocycles. The van der Waals surface area contributed by atoms with E-state index in [2.05, 4.69) is 4.90 Å². The lowest BCUT2D eigenvalue weighted by Crippen LogP contribution is -2.28. The molecule has 3 rings (SSSR count). The maximum atomic E-state index is 11.5. The van der Waals surface area contributed by atoms with Crippen LogP contribution in [0.1, 0.15) is 17.0 Å². The van der Waals surface area contributed by atoms with Crippen molar-refractivity contribution in [1.29, 1.82) is 0 Å². The van der Waals surface area contributed by atoms with E-state index in [9.17, 15) is 10.1 Å². The third-order valence-corrected chi connectivity index (χ3v) is 4.63. The van der Waals surface area contributed by atoms with Crippen LogP contribution < -0.4 is 0 Å². The highest BCUT2D eigenvalue weighted by Crippen LogP contribution is 2.33. The predicted octanol–water partition coefficient (Wildman–Crippen LogP) is 4.24. The van der Waals surface area contributed by atoms with Crippen LogP contribution in [0.15, 0.2) is 48.5 Å². The molecule has 1 heterocycles. The topological polar surface area (TPSA) is 46.4 Å². The van der Waals surface area contributed by atoms with Crippen LogP contribution in [-0.4, -0.2) is 29.0 Å². The number of halogens is 2. The summed E-state index contributed by atoms with van der Waals surface area (Å²) in [6, 6.07) is 14.5. The van der Waals surface area contributed by atoms with Gasteiger partial charge >= 0.3 is 0 Å². The minimum absolute atomic E-state index is 0.190. The summed E-state index contributed by atoms with van der Waals surface area (Å²) in [7, 11) is 0. The first-order valence-electron chi connectivity index (χ1n) is 7.38. The van der Waals surface area contributed by atoms with E-state index < -0.39 is 6.04 Å². The van der Waals surface area contributed by atoms with E-state index in [1.165, 1.54) is 0 Å². The number of nitrogens with zero attached hydrogens (tertiary/aromatic N) is 2. The second-order valence-corrected chi connectivity index (χ2v) is 6.71. The summed E-state index contributed by atoms with van der Waals surface area (Å²) in [5.74, 6) is -0.204. The average molecular weight is 351 g/mol. The molecular formula is C17H16Cl2N2O2. The molecule has 2 aromatic carbocycles. The van der Waals surface area contributed by atoms with Crippen LogP contribution in [-0.2, 0) is 6.54 Å². The maximum absolute atomic E-state index is 11.5. The molecule has 2 atom stereocenters. The number of likely N-dealkylation sites (tertiary alicyclic amines) is 1. The molecule has 120 valence electrons. The monoisotopic (exact) mass is 350 g/mol. The van der Waals surface area contributed by atoms with Crippen LogP contribution >= 0.6 is 23.2 Å². The summed E-state index contributed by atoms with van der Waals surface area (Å²) >= 11 is 12.1. The summed E-state index contributed by atoms with van der Waals surface area (Å²) in [5.41, 5.74) is 1.99. The molecule has 0 radical (unpaired) electrons. The van der Waals surface area contributed by atoms with Crippen molar-refractivity contribution in [3.63, 3.8) is 0 Å². The van der Waals surface area contributed by atoms with Crippen molar-refractivity contribution in [1.82, 2.24) is 4.90 Å². The summed E-state index contributed by atoms with van der Waals surface area (Å²) < 4.78 is 0. The van der Waals surface area contributed by atoms with Crippen LogP contribution in [0.25, 0.3) is 0 Å². The molecule has 0 N–H and O–H groups in total. The molecular weight excluding hydrogens is 335 g/mol. The van der Waals surface area contributed by atoms with Crippen molar-refractivity contribution >= 4 is 23.2 Å². The van der Waals surface area contributed by atoms with Crippen molar-refractivity contribution in [2.45, 2.75) is 18.5 Å². The molecule has 0 amide bonds. The number of hydrogen-bond acceptors (Lipinski definition) is 3. The fraction of sp³-hybridized carbons (Fsp3) is 0.294. The van der Waals surface area contributed by atoms with Gasteiger partial charge in [0.05, 0.1) is 12.5 Å². The van der Waals surface area contributed by atoms with Crippen molar-refractivity contribution in [2.24, 2.45) is 0 Å². The predicted molar refractivity (Wildman–Crippen MR) is 91.7 cm³/mol. The Morgan fingerprint density at radius 1 is 1.09 bits per heavy atom. The quantitative estimate of drug-likeness (QED) is 0.612. The van der Waals surface area contributed by atoms with Gasteiger partial charge in [0.25, 0.3) is 0 Å². The number of hydrogen-bond donors (Lipinski definition) is 0. The van der Waals surface area contributed by atoms with Gasteiger partial charge in [-0.3, -0.25) is 15.0 Å². The van der Waals surface area contributed by atoms with Gasteiger partial charge in [-0.1, -0.05) is 53.5 Å². The van der Waals surface area contributed by atoms with Gasteiger partial charge in [0.2, 0.25) is 6.04 Å². The first-order chi connectivity index (χ1) is 11.0. The third kappa shape index (κ3) is 3.83. The highest BCUT2D eigenvalue weighted by atomic mass is 35.5. The number of rotatable bonds is 4. The van der Waals surface area contributed by atoms with Gasteiger partial charge in [0.1, 0.15) is 0 Å². The molecule has 4 nitrogen and oxygen atoms in total. The maximum Gasteiger partial charge on any atom is 0.233 e. The second-order valence-electron chi connectivity index (χ2n) is 5.84. The Balaban J connectivity index is 1.82. The average Bonchev–Trinajstić information content (AvgIpc) is 2.91. The highest BCUT2D eigenvalue weighted by molar-refractivity contribution is 6.34. The zero-order valence-electron chi connectivity index (χ0n) is 12.4. The summed E-state index contributed by atoms with van der Waals surface area (Å²) in [6.07, 6.45) is 0. The van der Waals surface area contributed by atoms with Gasteiger partial charge in [-0.2, -0.15) is 0 Å². The van der Waals surface area contributed by atoms with E-state index >= 15 is 0 Å². The van der Waals surface area contributed by atoms with E-state index in [4.69, 9.17) is 23.2 Å². The largest absolute Gasteiger partial charge is 0.292 e. The summed E-state index contributed by atoms with van der Waals surface area (Å²) in [5, 5.41) is 12.5. The Morgan fingerprint density at radius 3 is 2.35 bits per heavy atom. The molecule has 0 spiro atoms. The molecule has 23 heavy (non-hydrogen) atoms. The Bertz CT molecular complexity index is 689. The smallest absolute Gasteiger partial charge is 0.233 e. The van der Waals surface area contributed by atoms with Gasteiger partial charge in [-0.25, -0.2) is 0 Å². The molecule has 1 fully saturated rings. The van der Waals surface area contributed by atoms with Crippen molar-refractivity contribution < 1.29 is 4.92 Å². The van der Waals surface area contributed by atoms with Crippen LogP contribution in [0, 0.1) is 10.1 Å². The standard InChI is InChI=1S/C17H16Cl2N2O2/c18-14-6-13(7-15(19)8-14)16-10-20(11-17(16)21(22)23)9-12-4-2-1-3-5-12/h1-8,16-17H,9-11H2. The molecule has 2 unspecified atom stereocenters. The molecule has 6 heteroatoms. The molecule has 1 aliphatic rings. The first-order valence-corrected chi connectivity index (χ1v) is 8.14. The fourth-order valence-electron chi connectivity index (χ4n) is 3.17. The van der Waals surface area contributed by atoms with Gasteiger partial charge in [0.15, 0.2) is 0 Å². The molecule has 0 aromatic heterocycles. The summed E-state index contributed by atoms with van der Waals surface area (Å²) in [4.78, 5) is 13.4. The number of nitro groups is 1. The van der Waals surface area contributed by atoms with E-state index in [0.717, 1.165) is 11.1 Å². The highest BCUT2D eigenvalue weighted by Gasteiger charge is 2.41. The molecule has 0 saturated carbocycles. The van der Waals surface area contributed by atoms with Crippen LogP contribution in [0.2, 0.25) is 10.0 Å². The van der Waals surface area contributed by atoms with Gasteiger partial charge in [-0.05, 0) is 29.3 Å².